The van der Waals surface area contributed by atoms with Crippen LogP contribution in [-0.2, 0) is 6.54 Å². The summed E-state index contributed by atoms with van der Waals surface area (Å²) in [6.45, 7) is 4.96. The molecule has 3 aromatic carbocycles. The second kappa shape index (κ2) is 11.7. The number of amides is 2. The van der Waals surface area contributed by atoms with E-state index in [9.17, 15) is 14.0 Å². The van der Waals surface area contributed by atoms with E-state index in [0.29, 0.717) is 35.8 Å². The van der Waals surface area contributed by atoms with Crippen molar-refractivity contribution >= 4 is 17.5 Å². The number of ether oxygens (including phenoxy) is 2. The van der Waals surface area contributed by atoms with Crippen LogP contribution < -0.4 is 20.5 Å². The van der Waals surface area contributed by atoms with E-state index in [-0.39, 0.29) is 29.3 Å². The molecule has 8 heteroatoms. The van der Waals surface area contributed by atoms with Crippen LogP contribution in [0, 0.1) is 11.2 Å². The van der Waals surface area contributed by atoms with Crippen molar-refractivity contribution in [1.29, 1.82) is 0 Å². The first-order valence-electron chi connectivity index (χ1n) is 11.5. The number of anilines is 1. The summed E-state index contributed by atoms with van der Waals surface area (Å²) in [5.74, 6) is -0.105. The lowest BCUT2D eigenvalue weighted by molar-refractivity contribution is 0.0672. The van der Waals surface area contributed by atoms with Crippen LogP contribution in [0.3, 0.4) is 0 Å². The Morgan fingerprint density at radius 1 is 0.944 bits per heavy atom. The minimum Gasteiger partial charge on any atom is -0.493 e. The van der Waals surface area contributed by atoms with E-state index in [1.54, 1.807) is 47.4 Å². The van der Waals surface area contributed by atoms with Gasteiger partial charge in [-0.1, -0.05) is 32.0 Å². The maximum atomic E-state index is 13.8. The van der Waals surface area contributed by atoms with Crippen LogP contribution >= 0.6 is 0 Å². The van der Waals surface area contributed by atoms with Crippen molar-refractivity contribution < 1.29 is 23.5 Å². The van der Waals surface area contributed by atoms with E-state index in [2.05, 4.69) is 5.32 Å². The Kier molecular flexibility index (Phi) is 8.66. The Labute approximate surface area is 211 Å². The fourth-order valence-corrected chi connectivity index (χ4v) is 3.73. The minimum absolute atomic E-state index is 0.263. The molecule has 0 spiro atoms. The molecule has 7 nitrogen and oxygen atoms in total. The molecule has 3 rings (SSSR count). The Bertz CT molecular complexity index is 1230. The van der Waals surface area contributed by atoms with Crippen molar-refractivity contribution in [2.24, 2.45) is 11.1 Å². The number of rotatable bonds is 10. The quantitative estimate of drug-likeness (QED) is 0.426. The highest BCUT2D eigenvalue weighted by atomic mass is 19.1. The summed E-state index contributed by atoms with van der Waals surface area (Å²) in [6, 6.07) is 17.8. The van der Waals surface area contributed by atoms with E-state index in [0.717, 1.165) is 5.56 Å². The SMILES string of the molecule is COc1ccc(C(=O)Nc2cccc(CN(CC(C)(C)CN)C(=O)c3cccc(F)c3)c2)cc1OC. The van der Waals surface area contributed by atoms with Crippen molar-refractivity contribution in [2.75, 3.05) is 32.6 Å². The Morgan fingerprint density at radius 3 is 2.33 bits per heavy atom. The fraction of sp³-hybridized carbons (Fsp3) is 0.286. The van der Waals surface area contributed by atoms with Crippen molar-refractivity contribution in [3.8, 4) is 11.5 Å². The highest BCUT2D eigenvalue weighted by Gasteiger charge is 2.25. The number of nitrogens with zero attached hydrogens (tertiary/aromatic N) is 1. The first-order chi connectivity index (χ1) is 17.2. The third-order valence-corrected chi connectivity index (χ3v) is 5.73. The fourth-order valence-electron chi connectivity index (χ4n) is 3.73. The van der Waals surface area contributed by atoms with Gasteiger partial charge in [-0.25, -0.2) is 4.39 Å². The number of benzene rings is 3. The average Bonchev–Trinajstić information content (AvgIpc) is 2.87. The van der Waals surface area contributed by atoms with Gasteiger partial charge in [-0.05, 0) is 66.1 Å². The average molecular weight is 494 g/mol. The highest BCUT2D eigenvalue weighted by molar-refractivity contribution is 6.04. The van der Waals surface area contributed by atoms with Gasteiger partial charge >= 0.3 is 0 Å². The van der Waals surface area contributed by atoms with Gasteiger partial charge in [0.25, 0.3) is 11.8 Å². The molecule has 0 aliphatic heterocycles. The number of hydrogen-bond acceptors (Lipinski definition) is 5. The number of methoxy groups -OCH3 is 2. The van der Waals surface area contributed by atoms with Crippen molar-refractivity contribution in [1.82, 2.24) is 4.90 Å². The first kappa shape index (κ1) is 26.7. The zero-order valence-corrected chi connectivity index (χ0v) is 21.0. The molecule has 2 amide bonds. The molecule has 0 aliphatic carbocycles. The topological polar surface area (TPSA) is 93.9 Å². The van der Waals surface area contributed by atoms with Crippen LogP contribution in [0.15, 0.2) is 66.7 Å². The largest absolute Gasteiger partial charge is 0.493 e. The third kappa shape index (κ3) is 6.82. The molecule has 3 N–H and O–H groups in total. The zero-order chi connectivity index (χ0) is 26.3. The highest BCUT2D eigenvalue weighted by Crippen LogP contribution is 2.28. The van der Waals surface area contributed by atoms with E-state index >= 15 is 0 Å². The van der Waals surface area contributed by atoms with Crippen LogP contribution in [0.2, 0.25) is 0 Å². The predicted molar refractivity (Wildman–Crippen MR) is 138 cm³/mol. The number of halogens is 1. The molecule has 190 valence electrons. The summed E-state index contributed by atoms with van der Waals surface area (Å²) in [7, 11) is 3.03. The molecule has 0 saturated heterocycles. The Balaban J connectivity index is 1.82. The van der Waals surface area contributed by atoms with Crippen LogP contribution in [-0.4, -0.2) is 44.0 Å². The summed E-state index contributed by atoms with van der Waals surface area (Å²) < 4.78 is 24.3. The van der Waals surface area contributed by atoms with Crippen molar-refractivity contribution in [3.63, 3.8) is 0 Å². The van der Waals surface area contributed by atoms with Gasteiger partial charge in [0, 0.05) is 29.9 Å². The monoisotopic (exact) mass is 493 g/mol. The molecule has 0 aromatic heterocycles. The first-order valence-corrected chi connectivity index (χ1v) is 11.5. The second-order valence-corrected chi connectivity index (χ2v) is 9.26. The van der Waals surface area contributed by atoms with Crippen molar-refractivity contribution in [3.05, 3.63) is 89.2 Å². The molecule has 0 aliphatic rings. The number of nitrogens with two attached hydrogens (primary N) is 1. The second-order valence-electron chi connectivity index (χ2n) is 9.26. The number of carbonyl (C=O) groups is 2. The van der Waals surface area contributed by atoms with E-state index in [1.165, 1.54) is 32.4 Å². The van der Waals surface area contributed by atoms with E-state index in [4.69, 9.17) is 15.2 Å². The smallest absolute Gasteiger partial charge is 0.255 e. The number of carbonyl (C=O) groups excluding carboxylic acids is 2. The van der Waals surface area contributed by atoms with Gasteiger partial charge < -0.3 is 25.4 Å². The lowest BCUT2D eigenvalue weighted by Gasteiger charge is -2.32. The van der Waals surface area contributed by atoms with Crippen molar-refractivity contribution in [2.45, 2.75) is 20.4 Å². The van der Waals surface area contributed by atoms with Gasteiger partial charge in [0.1, 0.15) is 5.82 Å². The summed E-state index contributed by atoms with van der Waals surface area (Å²) >= 11 is 0. The van der Waals surface area contributed by atoms with Crippen LogP contribution in [0.25, 0.3) is 0 Å². The predicted octanol–water partition coefficient (Wildman–Crippen LogP) is 4.72. The molecule has 0 radical (unpaired) electrons. The maximum absolute atomic E-state index is 13.8. The molecule has 0 bridgehead atoms. The summed E-state index contributed by atoms with van der Waals surface area (Å²) in [5.41, 5.74) is 7.63. The number of hydrogen-bond donors (Lipinski definition) is 2. The van der Waals surface area contributed by atoms with Gasteiger partial charge in [-0.15, -0.1) is 0 Å². The molecule has 0 saturated carbocycles. The molecule has 0 atom stereocenters. The molecule has 3 aromatic rings. The molecule has 0 heterocycles. The van der Waals surface area contributed by atoms with Gasteiger partial charge in [0.15, 0.2) is 11.5 Å². The summed E-state index contributed by atoms with van der Waals surface area (Å²) in [5, 5.41) is 2.88. The van der Waals surface area contributed by atoms with Crippen LogP contribution in [0.5, 0.6) is 11.5 Å². The maximum Gasteiger partial charge on any atom is 0.255 e. The standard InChI is InChI=1S/C28H32FN3O4/c1-28(2,17-30)18-32(27(34)21-8-6-9-22(29)14-21)16-19-7-5-10-23(13-19)31-26(33)20-11-12-24(35-3)25(15-20)36-4/h5-15H,16-18,30H2,1-4H3,(H,31,33). The van der Waals surface area contributed by atoms with Gasteiger partial charge in [0.2, 0.25) is 0 Å². The normalized spacial score (nSPS) is 11.1. The number of nitrogens with one attached hydrogen (secondary N) is 1. The minimum atomic E-state index is -0.473. The summed E-state index contributed by atoms with van der Waals surface area (Å²) in [4.78, 5) is 27.8. The lowest BCUT2D eigenvalue weighted by atomic mass is 9.92. The van der Waals surface area contributed by atoms with Crippen LogP contribution in [0.1, 0.15) is 40.1 Å². The molecular formula is C28H32FN3O4. The molecule has 0 unspecified atom stereocenters. The molecule has 36 heavy (non-hydrogen) atoms. The zero-order valence-electron chi connectivity index (χ0n) is 21.0. The molecule has 0 fully saturated rings. The van der Waals surface area contributed by atoms with Crippen LogP contribution in [0.4, 0.5) is 10.1 Å². The third-order valence-electron chi connectivity index (χ3n) is 5.73. The van der Waals surface area contributed by atoms with Gasteiger partial charge in [-0.2, -0.15) is 0 Å². The van der Waals surface area contributed by atoms with Gasteiger partial charge in [-0.3, -0.25) is 9.59 Å². The van der Waals surface area contributed by atoms with E-state index < -0.39 is 5.82 Å². The summed E-state index contributed by atoms with van der Waals surface area (Å²) in [6.07, 6.45) is 0. The lowest BCUT2D eigenvalue weighted by Crippen LogP contribution is -2.41. The Morgan fingerprint density at radius 2 is 1.67 bits per heavy atom. The van der Waals surface area contributed by atoms with E-state index in [1.807, 2.05) is 19.9 Å². The Hall–Kier alpha value is -3.91. The molecular weight excluding hydrogens is 461 g/mol. The van der Waals surface area contributed by atoms with Gasteiger partial charge in [0.05, 0.1) is 14.2 Å².